The van der Waals surface area contributed by atoms with Gasteiger partial charge < -0.3 is 14.7 Å². The molecule has 1 fully saturated rings. The summed E-state index contributed by atoms with van der Waals surface area (Å²) in [5.41, 5.74) is 2.96. The summed E-state index contributed by atoms with van der Waals surface area (Å²) in [5, 5.41) is 0. The van der Waals surface area contributed by atoms with Gasteiger partial charge >= 0.3 is 0 Å². The third kappa shape index (κ3) is 4.97. The highest BCUT2D eigenvalue weighted by Crippen LogP contribution is 2.32. The molecule has 0 N–H and O–H groups in total. The van der Waals surface area contributed by atoms with Crippen LogP contribution in [0.5, 0.6) is 0 Å². The maximum Gasteiger partial charge on any atom is 0.242 e. The normalized spacial score (nSPS) is 14.6. The number of nitrogens with zero attached hydrogens (tertiary/aromatic N) is 3. The molecule has 0 atom stereocenters. The minimum atomic E-state index is -0.116. The van der Waals surface area contributed by atoms with Crippen molar-refractivity contribution in [1.82, 2.24) is 4.90 Å². The fourth-order valence-electron chi connectivity index (χ4n) is 3.80. The van der Waals surface area contributed by atoms with Crippen LogP contribution >= 0.6 is 0 Å². The number of anilines is 2. The monoisotopic (exact) mass is 393 g/mol. The van der Waals surface area contributed by atoms with E-state index in [4.69, 9.17) is 0 Å². The summed E-state index contributed by atoms with van der Waals surface area (Å²) < 4.78 is 0. The summed E-state index contributed by atoms with van der Waals surface area (Å²) in [6.45, 7) is 10.9. The largest absolute Gasteiger partial charge is 0.368 e. The maximum atomic E-state index is 13.0. The Labute approximate surface area is 173 Å². The van der Waals surface area contributed by atoms with Crippen molar-refractivity contribution < 1.29 is 9.59 Å². The highest BCUT2D eigenvalue weighted by Gasteiger charge is 2.27. The van der Waals surface area contributed by atoms with Crippen LogP contribution in [0.3, 0.4) is 0 Å². The molecule has 0 radical (unpaired) electrons. The summed E-state index contributed by atoms with van der Waals surface area (Å²) >= 11 is 0. The second-order valence-corrected chi connectivity index (χ2v) is 8.58. The molecule has 3 rings (SSSR count). The fraction of sp³-hybridized carbons (Fsp3) is 0.417. The van der Waals surface area contributed by atoms with Crippen LogP contribution in [-0.2, 0) is 15.0 Å². The van der Waals surface area contributed by atoms with Gasteiger partial charge in [-0.05, 0) is 29.2 Å². The molecule has 1 saturated heterocycles. The zero-order valence-electron chi connectivity index (χ0n) is 17.9. The van der Waals surface area contributed by atoms with E-state index in [9.17, 15) is 9.59 Å². The molecule has 0 unspecified atom stereocenters. The Balaban J connectivity index is 1.70. The molecule has 29 heavy (non-hydrogen) atoms. The Hall–Kier alpha value is -2.82. The first kappa shape index (κ1) is 20.9. The Kier molecular flexibility index (Phi) is 6.26. The second-order valence-electron chi connectivity index (χ2n) is 8.58. The maximum absolute atomic E-state index is 13.0. The number of para-hydroxylation sites is 2. The van der Waals surface area contributed by atoms with Crippen LogP contribution in [0, 0.1) is 0 Å². The van der Waals surface area contributed by atoms with E-state index in [0.29, 0.717) is 13.1 Å². The molecule has 2 amide bonds. The molecule has 0 aliphatic carbocycles. The van der Waals surface area contributed by atoms with Crippen molar-refractivity contribution in [3.05, 3.63) is 60.2 Å². The zero-order chi connectivity index (χ0) is 21.0. The smallest absolute Gasteiger partial charge is 0.242 e. The zero-order valence-corrected chi connectivity index (χ0v) is 17.9. The Morgan fingerprint density at radius 1 is 0.897 bits per heavy atom. The van der Waals surface area contributed by atoms with Gasteiger partial charge in [-0.2, -0.15) is 0 Å². The van der Waals surface area contributed by atoms with Gasteiger partial charge in [0.25, 0.3) is 0 Å². The van der Waals surface area contributed by atoms with E-state index in [0.717, 1.165) is 24.3 Å². The van der Waals surface area contributed by atoms with Gasteiger partial charge in [0.05, 0.1) is 0 Å². The standard InChI is InChI=1S/C24H31N3O2/c1-19(28)27(22-13-9-8-12-21(22)24(2,3)4)18-23(29)26-16-14-25(15-17-26)20-10-6-5-7-11-20/h5-13H,14-18H2,1-4H3. The molecule has 0 spiro atoms. The quantitative estimate of drug-likeness (QED) is 0.796. The second kappa shape index (κ2) is 8.68. The summed E-state index contributed by atoms with van der Waals surface area (Å²) in [4.78, 5) is 31.2. The molecule has 2 aromatic rings. The molecule has 0 saturated carbocycles. The number of rotatable bonds is 4. The van der Waals surface area contributed by atoms with Crippen LogP contribution in [-0.4, -0.2) is 49.4 Å². The van der Waals surface area contributed by atoms with Crippen molar-refractivity contribution in [3.8, 4) is 0 Å². The molecular formula is C24H31N3O2. The van der Waals surface area contributed by atoms with E-state index in [-0.39, 0.29) is 23.8 Å². The van der Waals surface area contributed by atoms with Crippen LogP contribution < -0.4 is 9.80 Å². The SMILES string of the molecule is CC(=O)N(CC(=O)N1CCN(c2ccccc2)CC1)c1ccccc1C(C)(C)C. The van der Waals surface area contributed by atoms with Gasteiger partial charge in [-0.25, -0.2) is 0 Å². The first-order chi connectivity index (χ1) is 13.8. The van der Waals surface area contributed by atoms with Crippen LogP contribution in [0.4, 0.5) is 11.4 Å². The molecule has 0 aromatic heterocycles. The average molecular weight is 394 g/mol. The highest BCUT2D eigenvalue weighted by molar-refractivity contribution is 5.98. The lowest BCUT2D eigenvalue weighted by Gasteiger charge is -2.37. The van der Waals surface area contributed by atoms with Crippen molar-refractivity contribution in [2.45, 2.75) is 33.1 Å². The fourth-order valence-corrected chi connectivity index (χ4v) is 3.80. The summed E-state index contributed by atoms with van der Waals surface area (Å²) in [5.74, 6) is -0.116. The number of carbonyl (C=O) groups is 2. The van der Waals surface area contributed by atoms with Crippen LogP contribution in [0.25, 0.3) is 0 Å². The van der Waals surface area contributed by atoms with Crippen LogP contribution in [0.1, 0.15) is 33.3 Å². The van der Waals surface area contributed by atoms with Crippen LogP contribution in [0.15, 0.2) is 54.6 Å². The van der Waals surface area contributed by atoms with Gasteiger partial charge in [-0.15, -0.1) is 0 Å². The number of hydrogen-bond donors (Lipinski definition) is 0. The molecule has 2 aromatic carbocycles. The van der Waals surface area contributed by atoms with E-state index in [1.165, 1.54) is 12.6 Å². The van der Waals surface area contributed by atoms with Gasteiger partial charge in [-0.1, -0.05) is 57.2 Å². The molecule has 5 nitrogen and oxygen atoms in total. The first-order valence-electron chi connectivity index (χ1n) is 10.2. The number of piperazine rings is 1. The molecular weight excluding hydrogens is 362 g/mol. The topological polar surface area (TPSA) is 43.9 Å². The van der Waals surface area contributed by atoms with Gasteiger partial charge in [0.15, 0.2) is 0 Å². The number of amides is 2. The van der Waals surface area contributed by atoms with Crippen molar-refractivity contribution in [1.29, 1.82) is 0 Å². The van der Waals surface area contributed by atoms with E-state index in [1.54, 1.807) is 4.90 Å². The van der Waals surface area contributed by atoms with Gasteiger partial charge in [-0.3, -0.25) is 9.59 Å². The number of benzene rings is 2. The van der Waals surface area contributed by atoms with E-state index in [2.05, 4.69) is 37.8 Å². The van der Waals surface area contributed by atoms with Crippen molar-refractivity contribution in [2.24, 2.45) is 0 Å². The summed E-state index contributed by atoms with van der Waals surface area (Å²) in [6, 6.07) is 18.1. The van der Waals surface area contributed by atoms with E-state index >= 15 is 0 Å². The number of hydrogen-bond acceptors (Lipinski definition) is 3. The first-order valence-corrected chi connectivity index (χ1v) is 10.2. The third-order valence-corrected chi connectivity index (χ3v) is 5.43. The molecule has 1 aliphatic rings. The minimum Gasteiger partial charge on any atom is -0.368 e. The van der Waals surface area contributed by atoms with Gasteiger partial charge in [0, 0.05) is 44.5 Å². The van der Waals surface area contributed by atoms with Crippen molar-refractivity contribution in [2.75, 3.05) is 42.5 Å². The molecule has 0 bridgehead atoms. The molecule has 1 aliphatic heterocycles. The Morgan fingerprint density at radius 2 is 1.48 bits per heavy atom. The lowest BCUT2D eigenvalue weighted by molar-refractivity contribution is -0.131. The predicted molar refractivity (Wildman–Crippen MR) is 118 cm³/mol. The summed E-state index contributed by atoms with van der Waals surface area (Å²) in [7, 11) is 0. The average Bonchev–Trinajstić information content (AvgIpc) is 2.72. The Bertz CT molecular complexity index is 850. The summed E-state index contributed by atoms with van der Waals surface area (Å²) in [6.07, 6.45) is 0. The Morgan fingerprint density at radius 3 is 2.07 bits per heavy atom. The molecule has 1 heterocycles. The lowest BCUT2D eigenvalue weighted by atomic mass is 9.85. The minimum absolute atomic E-state index is 0.00313. The van der Waals surface area contributed by atoms with Crippen LogP contribution in [0.2, 0.25) is 0 Å². The van der Waals surface area contributed by atoms with Crippen molar-refractivity contribution >= 4 is 23.2 Å². The predicted octanol–water partition coefficient (Wildman–Crippen LogP) is 3.69. The highest BCUT2D eigenvalue weighted by atomic mass is 16.2. The van der Waals surface area contributed by atoms with E-state index < -0.39 is 0 Å². The molecule has 154 valence electrons. The third-order valence-electron chi connectivity index (χ3n) is 5.43. The van der Waals surface area contributed by atoms with Gasteiger partial charge in [0.1, 0.15) is 6.54 Å². The molecule has 5 heteroatoms. The lowest BCUT2D eigenvalue weighted by Crippen LogP contribution is -2.52. The van der Waals surface area contributed by atoms with Gasteiger partial charge in [0.2, 0.25) is 11.8 Å². The number of carbonyl (C=O) groups excluding carboxylic acids is 2. The van der Waals surface area contributed by atoms with E-state index in [1.807, 2.05) is 47.4 Å². The van der Waals surface area contributed by atoms with Crippen molar-refractivity contribution in [3.63, 3.8) is 0 Å².